The molecule has 1 saturated heterocycles. The number of rotatable bonds is 2. The first kappa shape index (κ1) is 14.4. The van der Waals surface area contributed by atoms with Gasteiger partial charge in [0.1, 0.15) is 0 Å². The van der Waals surface area contributed by atoms with Gasteiger partial charge in [-0.2, -0.15) is 4.39 Å². The molecule has 106 valence electrons. The van der Waals surface area contributed by atoms with Gasteiger partial charge < -0.3 is 10.2 Å². The Bertz CT molecular complexity index is 608. The van der Waals surface area contributed by atoms with Crippen LogP contribution in [0.3, 0.4) is 0 Å². The van der Waals surface area contributed by atoms with Gasteiger partial charge in [-0.25, -0.2) is 0 Å². The Morgan fingerprint density at radius 2 is 2.20 bits per heavy atom. The second kappa shape index (κ2) is 5.53. The number of nitro benzene ring substituents is 1. The number of hydrogen-bond donors (Lipinski definition) is 1. The fourth-order valence-electron chi connectivity index (χ4n) is 1.85. The van der Waals surface area contributed by atoms with Gasteiger partial charge in [0.15, 0.2) is 0 Å². The number of carbonyl (C=O) groups excluding carboxylic acids is 2. The third-order valence-electron chi connectivity index (χ3n) is 2.77. The van der Waals surface area contributed by atoms with Crippen LogP contribution in [0, 0.1) is 15.9 Å². The normalized spacial score (nSPS) is 14.9. The summed E-state index contributed by atoms with van der Waals surface area (Å²) in [6.07, 6.45) is 0. The number of nitro groups is 1. The number of benzene rings is 1. The molecular formula is C11H9BrFN3O4. The minimum absolute atomic E-state index is 0.196. The van der Waals surface area contributed by atoms with Crippen LogP contribution in [0.25, 0.3) is 0 Å². The predicted octanol–water partition coefficient (Wildman–Crippen LogP) is 1.07. The van der Waals surface area contributed by atoms with Gasteiger partial charge in [-0.3, -0.25) is 19.7 Å². The average Bonchev–Trinajstić information content (AvgIpc) is 2.40. The van der Waals surface area contributed by atoms with Crippen LogP contribution < -0.4 is 5.32 Å². The highest BCUT2D eigenvalue weighted by molar-refractivity contribution is 9.10. The molecule has 0 aromatic heterocycles. The molecule has 0 radical (unpaired) electrons. The molecule has 1 aliphatic rings. The molecule has 1 aromatic rings. The van der Waals surface area contributed by atoms with Gasteiger partial charge in [0.05, 0.1) is 17.0 Å². The molecule has 1 fully saturated rings. The molecule has 20 heavy (non-hydrogen) atoms. The molecule has 0 unspecified atom stereocenters. The van der Waals surface area contributed by atoms with E-state index in [0.29, 0.717) is 0 Å². The van der Waals surface area contributed by atoms with E-state index in [9.17, 15) is 24.1 Å². The molecule has 0 aliphatic carbocycles. The first-order chi connectivity index (χ1) is 9.40. The maximum absolute atomic E-state index is 14.0. The molecular weight excluding hydrogens is 337 g/mol. The quantitative estimate of drug-likeness (QED) is 0.640. The summed E-state index contributed by atoms with van der Waals surface area (Å²) in [6.45, 7) is 0.297. The Morgan fingerprint density at radius 1 is 1.50 bits per heavy atom. The third-order valence-corrected chi connectivity index (χ3v) is 3.23. The van der Waals surface area contributed by atoms with Gasteiger partial charge in [-0.15, -0.1) is 0 Å². The zero-order valence-corrected chi connectivity index (χ0v) is 11.6. The smallest absolute Gasteiger partial charge is 0.306 e. The molecule has 1 heterocycles. The van der Waals surface area contributed by atoms with E-state index in [1.165, 1.54) is 0 Å². The van der Waals surface area contributed by atoms with Crippen LogP contribution in [-0.2, 0) is 4.79 Å². The van der Waals surface area contributed by atoms with Gasteiger partial charge in [-0.05, 0) is 6.07 Å². The largest absolute Gasteiger partial charge is 0.353 e. The van der Waals surface area contributed by atoms with E-state index in [-0.39, 0.29) is 30.0 Å². The van der Waals surface area contributed by atoms with Gasteiger partial charge in [0.25, 0.3) is 5.91 Å². The summed E-state index contributed by atoms with van der Waals surface area (Å²) < 4.78 is 14.2. The minimum Gasteiger partial charge on any atom is -0.353 e. The van der Waals surface area contributed by atoms with Crippen molar-refractivity contribution < 1.29 is 18.9 Å². The molecule has 0 atom stereocenters. The highest BCUT2D eigenvalue weighted by Gasteiger charge is 2.28. The number of amides is 2. The van der Waals surface area contributed by atoms with Crippen molar-refractivity contribution in [2.24, 2.45) is 0 Å². The first-order valence-corrected chi connectivity index (χ1v) is 6.39. The predicted molar refractivity (Wildman–Crippen MR) is 69.7 cm³/mol. The first-order valence-electron chi connectivity index (χ1n) is 5.59. The van der Waals surface area contributed by atoms with Crippen LogP contribution in [0.1, 0.15) is 10.4 Å². The van der Waals surface area contributed by atoms with Gasteiger partial charge >= 0.3 is 5.69 Å². The van der Waals surface area contributed by atoms with Gasteiger partial charge in [-0.1, -0.05) is 15.9 Å². The number of carbonyl (C=O) groups is 2. The summed E-state index contributed by atoms with van der Waals surface area (Å²) >= 11 is 3.00. The average molecular weight is 346 g/mol. The highest BCUT2D eigenvalue weighted by atomic mass is 79.9. The maximum atomic E-state index is 14.0. The Kier molecular flexibility index (Phi) is 3.98. The van der Waals surface area contributed by atoms with E-state index in [2.05, 4.69) is 21.2 Å². The van der Waals surface area contributed by atoms with E-state index in [1.54, 1.807) is 0 Å². The zero-order valence-electron chi connectivity index (χ0n) is 10.1. The Labute approximate surface area is 121 Å². The van der Waals surface area contributed by atoms with Gasteiger partial charge in [0.2, 0.25) is 11.7 Å². The SMILES string of the molecule is O=C1CN(C(=O)c2cc(Br)cc([N+](=O)[O-])c2F)CCN1. The standard InChI is InChI=1S/C11H9BrFN3O4/c12-6-3-7(10(13)8(4-6)16(19)20)11(18)15-2-1-14-9(17)5-15/h3-4H,1-2,5H2,(H,14,17). The summed E-state index contributed by atoms with van der Waals surface area (Å²) in [6, 6.07) is 2.15. The summed E-state index contributed by atoms with van der Waals surface area (Å²) in [5.41, 5.74) is -1.22. The van der Waals surface area contributed by atoms with Crippen LogP contribution >= 0.6 is 15.9 Å². The van der Waals surface area contributed by atoms with Crippen molar-refractivity contribution in [1.29, 1.82) is 0 Å². The molecule has 9 heteroatoms. The Morgan fingerprint density at radius 3 is 2.80 bits per heavy atom. The summed E-state index contributed by atoms with van der Waals surface area (Å²) in [7, 11) is 0. The van der Waals surface area contributed by atoms with E-state index < -0.39 is 27.9 Å². The Balaban J connectivity index is 2.39. The second-order valence-electron chi connectivity index (χ2n) is 4.12. The van der Waals surface area contributed by atoms with Crippen molar-refractivity contribution in [3.05, 3.63) is 38.1 Å². The lowest BCUT2D eigenvalue weighted by molar-refractivity contribution is -0.387. The topological polar surface area (TPSA) is 92.5 Å². The van der Waals surface area contributed by atoms with E-state index in [1.807, 2.05) is 0 Å². The lowest BCUT2D eigenvalue weighted by Crippen LogP contribution is -2.50. The van der Waals surface area contributed by atoms with E-state index in [4.69, 9.17) is 0 Å². The van der Waals surface area contributed by atoms with Crippen molar-refractivity contribution in [3.8, 4) is 0 Å². The minimum atomic E-state index is -1.20. The van der Waals surface area contributed by atoms with Crippen LogP contribution in [0.15, 0.2) is 16.6 Å². The fourth-order valence-corrected chi connectivity index (χ4v) is 2.29. The number of nitrogens with zero attached hydrogens (tertiary/aromatic N) is 2. The molecule has 1 aromatic carbocycles. The summed E-state index contributed by atoms with van der Waals surface area (Å²) in [4.78, 5) is 34.4. The van der Waals surface area contributed by atoms with Crippen molar-refractivity contribution in [2.75, 3.05) is 19.6 Å². The highest BCUT2D eigenvalue weighted by Crippen LogP contribution is 2.27. The molecule has 1 N–H and O–H groups in total. The fraction of sp³-hybridized carbons (Fsp3) is 0.273. The van der Waals surface area contributed by atoms with Crippen LogP contribution in [0.2, 0.25) is 0 Å². The number of piperazine rings is 1. The maximum Gasteiger partial charge on any atom is 0.306 e. The molecule has 2 rings (SSSR count). The molecule has 1 aliphatic heterocycles. The molecule has 7 nitrogen and oxygen atoms in total. The van der Waals surface area contributed by atoms with Crippen molar-refractivity contribution >= 4 is 33.4 Å². The number of nitrogens with one attached hydrogen (secondary N) is 1. The zero-order chi connectivity index (χ0) is 14.9. The van der Waals surface area contributed by atoms with Crippen LogP contribution in [0.5, 0.6) is 0 Å². The second-order valence-corrected chi connectivity index (χ2v) is 5.04. The number of hydrogen-bond acceptors (Lipinski definition) is 4. The van der Waals surface area contributed by atoms with Crippen LogP contribution in [0.4, 0.5) is 10.1 Å². The van der Waals surface area contributed by atoms with Crippen molar-refractivity contribution in [1.82, 2.24) is 10.2 Å². The van der Waals surface area contributed by atoms with E-state index >= 15 is 0 Å². The van der Waals surface area contributed by atoms with Crippen molar-refractivity contribution in [2.45, 2.75) is 0 Å². The molecule has 2 amide bonds. The van der Waals surface area contributed by atoms with Gasteiger partial charge in [0, 0.05) is 23.6 Å². The third kappa shape index (κ3) is 2.77. The lowest BCUT2D eigenvalue weighted by atomic mass is 10.1. The van der Waals surface area contributed by atoms with Crippen molar-refractivity contribution in [3.63, 3.8) is 0 Å². The van der Waals surface area contributed by atoms with Crippen LogP contribution in [-0.4, -0.2) is 41.3 Å². The summed E-state index contributed by atoms with van der Waals surface area (Å²) in [5.74, 6) is -2.30. The molecule has 0 saturated carbocycles. The Hall–Kier alpha value is -2.03. The monoisotopic (exact) mass is 345 g/mol. The molecule has 0 bridgehead atoms. The lowest BCUT2D eigenvalue weighted by Gasteiger charge is -2.26. The van der Waals surface area contributed by atoms with E-state index in [0.717, 1.165) is 17.0 Å². The molecule has 0 spiro atoms. The summed E-state index contributed by atoms with van der Waals surface area (Å²) in [5, 5.41) is 13.3. The number of halogens is 2.